The highest BCUT2D eigenvalue weighted by atomic mass is 127. The Morgan fingerprint density at radius 1 is 1.24 bits per heavy atom. The molecule has 1 aliphatic rings. The van der Waals surface area contributed by atoms with Crippen molar-refractivity contribution in [1.82, 2.24) is 10.6 Å². The van der Waals surface area contributed by atoms with E-state index in [0.29, 0.717) is 49.0 Å². The summed E-state index contributed by atoms with van der Waals surface area (Å²) in [6.45, 7) is 3.66. The monoisotopic (exact) mass is 530 g/mol. The van der Waals surface area contributed by atoms with Gasteiger partial charge in [0.25, 0.3) is 0 Å². The molecule has 0 saturated heterocycles. The van der Waals surface area contributed by atoms with Crippen LogP contribution in [0, 0.1) is 5.82 Å². The summed E-state index contributed by atoms with van der Waals surface area (Å²) in [5.74, 6) is 0.368. The van der Waals surface area contributed by atoms with Gasteiger partial charge in [0.15, 0.2) is 5.96 Å². The molecule has 1 aliphatic heterocycles. The number of halogens is 3. The number of rotatable bonds is 6. The summed E-state index contributed by atoms with van der Waals surface area (Å²) >= 11 is 6.08. The van der Waals surface area contributed by atoms with Crippen LogP contribution in [0.2, 0.25) is 5.02 Å². The molecule has 5 nitrogen and oxygen atoms in total. The fraction of sp³-hybridized carbons (Fsp3) is 0.333. The second kappa shape index (κ2) is 11.3. The van der Waals surface area contributed by atoms with Gasteiger partial charge in [-0.25, -0.2) is 4.39 Å². The molecule has 0 radical (unpaired) electrons. The van der Waals surface area contributed by atoms with E-state index < -0.39 is 0 Å². The van der Waals surface area contributed by atoms with Crippen molar-refractivity contribution in [3.63, 3.8) is 0 Å². The summed E-state index contributed by atoms with van der Waals surface area (Å²) in [6, 6.07) is 12.5. The number of benzene rings is 2. The zero-order valence-electron chi connectivity index (χ0n) is 16.2. The first-order valence-corrected chi connectivity index (χ1v) is 9.80. The van der Waals surface area contributed by atoms with E-state index in [1.54, 1.807) is 12.1 Å². The first kappa shape index (κ1) is 23.4. The maximum absolute atomic E-state index is 13.9. The van der Waals surface area contributed by atoms with Crippen LogP contribution in [0.15, 0.2) is 47.5 Å². The molecule has 8 heteroatoms. The molecule has 29 heavy (non-hydrogen) atoms. The van der Waals surface area contributed by atoms with Crippen LogP contribution in [0.1, 0.15) is 30.4 Å². The van der Waals surface area contributed by atoms with E-state index in [1.165, 1.54) is 6.07 Å². The van der Waals surface area contributed by atoms with Crippen molar-refractivity contribution in [2.45, 2.75) is 25.7 Å². The summed E-state index contributed by atoms with van der Waals surface area (Å²) in [6.07, 6.45) is 0.856. The van der Waals surface area contributed by atoms with Gasteiger partial charge in [-0.1, -0.05) is 35.9 Å². The van der Waals surface area contributed by atoms with Gasteiger partial charge in [-0.3, -0.25) is 9.79 Å². The SMILES string of the molecule is CCNC(=NCC1CC(=O)Nc2ccccc21)NCCc1c(F)cccc1Cl.I. The van der Waals surface area contributed by atoms with Crippen LogP contribution >= 0.6 is 35.6 Å². The predicted octanol–water partition coefficient (Wildman–Crippen LogP) is 4.32. The van der Waals surface area contributed by atoms with Crippen molar-refractivity contribution in [2.75, 3.05) is 25.0 Å². The third-order valence-corrected chi connectivity index (χ3v) is 5.00. The number of hydrogen-bond donors (Lipinski definition) is 3. The van der Waals surface area contributed by atoms with Crippen LogP contribution in [0.3, 0.4) is 0 Å². The maximum atomic E-state index is 13.9. The van der Waals surface area contributed by atoms with Gasteiger partial charge in [0.05, 0.1) is 6.54 Å². The number of para-hydroxylation sites is 1. The lowest BCUT2D eigenvalue weighted by atomic mass is 9.91. The van der Waals surface area contributed by atoms with E-state index >= 15 is 0 Å². The van der Waals surface area contributed by atoms with Crippen LogP contribution in [-0.4, -0.2) is 31.5 Å². The van der Waals surface area contributed by atoms with Gasteiger partial charge < -0.3 is 16.0 Å². The number of carbonyl (C=O) groups is 1. The van der Waals surface area contributed by atoms with E-state index in [4.69, 9.17) is 11.6 Å². The Labute approximate surface area is 192 Å². The number of amides is 1. The smallest absolute Gasteiger partial charge is 0.225 e. The average molecular weight is 531 g/mol. The molecule has 0 saturated carbocycles. The van der Waals surface area contributed by atoms with E-state index in [0.717, 1.165) is 11.3 Å². The molecule has 2 aromatic rings. The number of nitrogens with zero attached hydrogens (tertiary/aromatic N) is 1. The summed E-state index contributed by atoms with van der Waals surface area (Å²) in [7, 11) is 0. The van der Waals surface area contributed by atoms with Gasteiger partial charge in [-0.05, 0) is 37.1 Å². The lowest BCUT2D eigenvalue weighted by Crippen LogP contribution is -2.39. The van der Waals surface area contributed by atoms with Crippen molar-refractivity contribution in [3.05, 3.63) is 64.4 Å². The van der Waals surface area contributed by atoms with Crippen LogP contribution in [0.5, 0.6) is 0 Å². The van der Waals surface area contributed by atoms with Gasteiger partial charge in [-0.2, -0.15) is 0 Å². The molecular formula is C21H25ClFIN4O. The van der Waals surface area contributed by atoms with Crippen LogP contribution in [-0.2, 0) is 11.2 Å². The summed E-state index contributed by atoms with van der Waals surface area (Å²) < 4.78 is 13.9. The molecule has 0 aromatic heterocycles. The topological polar surface area (TPSA) is 65.5 Å². The lowest BCUT2D eigenvalue weighted by Gasteiger charge is -2.24. The Morgan fingerprint density at radius 2 is 2.03 bits per heavy atom. The molecule has 1 atom stereocenters. The highest BCUT2D eigenvalue weighted by molar-refractivity contribution is 14.0. The van der Waals surface area contributed by atoms with Gasteiger partial charge in [0, 0.05) is 41.7 Å². The van der Waals surface area contributed by atoms with Crippen molar-refractivity contribution in [3.8, 4) is 0 Å². The Morgan fingerprint density at radius 3 is 2.79 bits per heavy atom. The van der Waals surface area contributed by atoms with Crippen molar-refractivity contribution in [1.29, 1.82) is 0 Å². The molecule has 0 bridgehead atoms. The van der Waals surface area contributed by atoms with Gasteiger partial charge >= 0.3 is 0 Å². The number of hydrogen-bond acceptors (Lipinski definition) is 2. The van der Waals surface area contributed by atoms with E-state index in [2.05, 4.69) is 20.9 Å². The predicted molar refractivity (Wildman–Crippen MR) is 127 cm³/mol. The highest BCUT2D eigenvalue weighted by Gasteiger charge is 2.24. The van der Waals surface area contributed by atoms with Crippen LogP contribution in [0.25, 0.3) is 0 Å². The number of fused-ring (bicyclic) bond motifs is 1. The number of aliphatic imine (C=N–C) groups is 1. The van der Waals surface area contributed by atoms with E-state index in [-0.39, 0.29) is 41.6 Å². The zero-order chi connectivity index (χ0) is 19.9. The molecule has 156 valence electrons. The summed E-state index contributed by atoms with van der Waals surface area (Å²) in [5, 5.41) is 9.72. The van der Waals surface area contributed by atoms with Crippen molar-refractivity contribution >= 4 is 53.1 Å². The van der Waals surface area contributed by atoms with Crippen LogP contribution in [0.4, 0.5) is 10.1 Å². The molecule has 0 aliphatic carbocycles. The summed E-state index contributed by atoms with van der Waals surface area (Å²) in [4.78, 5) is 16.6. The number of anilines is 1. The van der Waals surface area contributed by atoms with Gasteiger partial charge in [-0.15, -0.1) is 24.0 Å². The third-order valence-electron chi connectivity index (χ3n) is 4.65. The second-order valence-electron chi connectivity index (χ2n) is 6.63. The molecule has 0 fully saturated rings. The lowest BCUT2D eigenvalue weighted by molar-refractivity contribution is -0.116. The first-order valence-electron chi connectivity index (χ1n) is 9.42. The molecule has 2 aromatic carbocycles. The second-order valence-corrected chi connectivity index (χ2v) is 7.04. The molecule has 3 rings (SSSR count). The van der Waals surface area contributed by atoms with E-state index in [1.807, 2.05) is 31.2 Å². The van der Waals surface area contributed by atoms with E-state index in [9.17, 15) is 9.18 Å². The standard InChI is InChI=1S/C21H24ClFN4O.HI/c1-2-24-21(25-11-10-16-17(22)7-5-8-18(16)23)26-13-14-12-20(28)27-19-9-4-3-6-15(14)19;/h3-9,14H,2,10-13H2,1H3,(H,27,28)(H2,24,25,26);1H. The third kappa shape index (κ3) is 6.30. The quantitative estimate of drug-likeness (QED) is 0.296. The molecular weight excluding hydrogens is 506 g/mol. The number of carbonyl (C=O) groups excluding carboxylic acids is 1. The molecule has 3 N–H and O–H groups in total. The minimum atomic E-state index is -0.305. The fourth-order valence-electron chi connectivity index (χ4n) is 3.29. The largest absolute Gasteiger partial charge is 0.357 e. The minimum absolute atomic E-state index is 0. The summed E-state index contributed by atoms with van der Waals surface area (Å²) in [5.41, 5.74) is 2.44. The highest BCUT2D eigenvalue weighted by Crippen LogP contribution is 2.31. The number of nitrogens with one attached hydrogen (secondary N) is 3. The van der Waals surface area contributed by atoms with Crippen molar-refractivity contribution < 1.29 is 9.18 Å². The number of guanidine groups is 1. The first-order chi connectivity index (χ1) is 13.6. The Balaban J connectivity index is 0.00000300. The molecule has 1 unspecified atom stereocenters. The molecule has 0 spiro atoms. The molecule has 1 heterocycles. The maximum Gasteiger partial charge on any atom is 0.225 e. The normalized spacial score (nSPS) is 15.8. The molecule has 1 amide bonds. The minimum Gasteiger partial charge on any atom is -0.357 e. The zero-order valence-corrected chi connectivity index (χ0v) is 19.3. The Hall–Kier alpha value is -1.87. The van der Waals surface area contributed by atoms with Gasteiger partial charge in [0.2, 0.25) is 5.91 Å². The Bertz CT molecular complexity index is 857. The van der Waals surface area contributed by atoms with Gasteiger partial charge in [0.1, 0.15) is 5.82 Å². The van der Waals surface area contributed by atoms with Crippen molar-refractivity contribution in [2.24, 2.45) is 4.99 Å². The average Bonchev–Trinajstić information content (AvgIpc) is 2.68. The Kier molecular flexibility index (Phi) is 9.16. The fourth-order valence-corrected chi connectivity index (χ4v) is 3.54. The van der Waals surface area contributed by atoms with Crippen LogP contribution < -0.4 is 16.0 Å².